The first-order valence-corrected chi connectivity index (χ1v) is 16.4. The molecule has 0 aliphatic carbocycles. The van der Waals surface area contributed by atoms with Crippen LogP contribution < -0.4 is 0 Å². The van der Waals surface area contributed by atoms with E-state index in [1.54, 1.807) is 0 Å². The molecule has 228 valence electrons. The topological polar surface area (TPSA) is 51.8 Å². The Kier molecular flexibility index (Phi) is 6.15. The van der Waals surface area contributed by atoms with E-state index in [4.69, 9.17) is 19.4 Å². The van der Waals surface area contributed by atoms with Crippen LogP contribution in [0.5, 0.6) is 0 Å². The number of rotatable bonds is 4. The van der Waals surface area contributed by atoms with Gasteiger partial charge in [-0.1, -0.05) is 140 Å². The zero-order valence-corrected chi connectivity index (χ0v) is 26.3. The van der Waals surface area contributed by atoms with E-state index in [1.807, 2.05) is 60.7 Å². The van der Waals surface area contributed by atoms with Crippen LogP contribution in [-0.2, 0) is 0 Å². The van der Waals surface area contributed by atoms with Crippen LogP contribution >= 0.6 is 0 Å². The maximum absolute atomic E-state index is 6.22. The van der Waals surface area contributed by atoms with Gasteiger partial charge in [-0.3, -0.25) is 0 Å². The van der Waals surface area contributed by atoms with E-state index in [9.17, 15) is 0 Å². The third kappa shape index (κ3) is 4.49. The normalized spacial score (nSPS) is 11.7. The lowest BCUT2D eigenvalue weighted by Gasteiger charge is -2.14. The first kappa shape index (κ1) is 27.5. The van der Waals surface area contributed by atoms with Crippen LogP contribution in [0.15, 0.2) is 168 Å². The quantitative estimate of drug-likeness (QED) is 0.183. The van der Waals surface area contributed by atoms with Crippen molar-refractivity contribution in [3.8, 4) is 45.3 Å². The van der Waals surface area contributed by atoms with Crippen molar-refractivity contribution in [3.63, 3.8) is 0 Å². The highest BCUT2D eigenvalue weighted by Crippen LogP contribution is 2.40. The highest BCUT2D eigenvalue weighted by Gasteiger charge is 2.18. The predicted octanol–water partition coefficient (Wildman–Crippen LogP) is 11.9. The summed E-state index contributed by atoms with van der Waals surface area (Å²) >= 11 is 0. The van der Waals surface area contributed by atoms with Crippen LogP contribution in [-0.4, -0.2) is 15.0 Å². The van der Waals surface area contributed by atoms with Gasteiger partial charge in [0.15, 0.2) is 17.5 Å². The van der Waals surface area contributed by atoms with Gasteiger partial charge >= 0.3 is 0 Å². The van der Waals surface area contributed by atoms with Crippen LogP contribution in [0.4, 0.5) is 0 Å². The molecule has 0 bridgehead atoms. The minimum atomic E-state index is 0.609. The SMILES string of the molecule is c1ccc(-c2nc(-c3ccc4c(-c5cc6ccccc6c6ccccc56)cccc4c3)nc(-c3cccc4oc5ccccc5c34)n2)cc1. The first-order chi connectivity index (χ1) is 24.3. The highest BCUT2D eigenvalue weighted by atomic mass is 16.3. The third-order valence-corrected chi connectivity index (χ3v) is 9.51. The zero-order chi connectivity index (χ0) is 32.3. The van der Waals surface area contributed by atoms with Gasteiger partial charge in [0.25, 0.3) is 0 Å². The van der Waals surface area contributed by atoms with Crippen LogP contribution in [0.2, 0.25) is 0 Å². The summed E-state index contributed by atoms with van der Waals surface area (Å²) in [4.78, 5) is 15.2. The number of benzene rings is 8. The Hall–Kier alpha value is -6.65. The van der Waals surface area contributed by atoms with Crippen molar-refractivity contribution in [1.29, 1.82) is 0 Å². The van der Waals surface area contributed by atoms with E-state index >= 15 is 0 Å². The standard InChI is InChI=1S/C45H27N3O/c1-2-12-28(13-3-1)43-46-44(48-45(47-43)38-21-11-23-41-42(38)37-19-8-9-22-40(37)49-41)31-24-25-33-29(26-31)15-10-20-35(33)39-27-30-14-4-5-16-32(30)34-17-6-7-18-36(34)39/h1-27H. The minimum Gasteiger partial charge on any atom is -0.456 e. The number of nitrogens with zero attached hydrogens (tertiary/aromatic N) is 3. The van der Waals surface area contributed by atoms with E-state index in [0.29, 0.717) is 17.5 Å². The second-order valence-corrected chi connectivity index (χ2v) is 12.4. The van der Waals surface area contributed by atoms with Crippen molar-refractivity contribution in [2.45, 2.75) is 0 Å². The molecular formula is C45H27N3O. The molecule has 8 aromatic carbocycles. The molecule has 2 aromatic heterocycles. The van der Waals surface area contributed by atoms with Crippen LogP contribution in [0.25, 0.3) is 99.5 Å². The second-order valence-electron chi connectivity index (χ2n) is 12.4. The number of furan rings is 1. The first-order valence-electron chi connectivity index (χ1n) is 16.4. The molecule has 0 fully saturated rings. The highest BCUT2D eigenvalue weighted by molar-refractivity contribution is 6.16. The molecule has 4 nitrogen and oxygen atoms in total. The molecule has 0 spiro atoms. The second kappa shape index (κ2) is 11.0. The van der Waals surface area contributed by atoms with Gasteiger partial charge in [0.2, 0.25) is 0 Å². The van der Waals surface area contributed by atoms with E-state index in [0.717, 1.165) is 44.0 Å². The molecule has 0 aliphatic heterocycles. The molecule has 10 aromatic rings. The predicted molar refractivity (Wildman–Crippen MR) is 201 cm³/mol. The molecule has 2 heterocycles. The van der Waals surface area contributed by atoms with Crippen LogP contribution in [0, 0.1) is 0 Å². The molecule has 0 aliphatic rings. The van der Waals surface area contributed by atoms with E-state index in [-0.39, 0.29) is 0 Å². The summed E-state index contributed by atoms with van der Waals surface area (Å²) in [5, 5.41) is 9.34. The Labute approximate surface area is 282 Å². The van der Waals surface area contributed by atoms with Gasteiger partial charge in [-0.05, 0) is 67.7 Å². The third-order valence-electron chi connectivity index (χ3n) is 9.51. The molecule has 0 atom stereocenters. The number of hydrogen-bond acceptors (Lipinski definition) is 4. The molecule has 0 saturated heterocycles. The number of hydrogen-bond donors (Lipinski definition) is 0. The maximum atomic E-state index is 6.22. The monoisotopic (exact) mass is 625 g/mol. The van der Waals surface area contributed by atoms with Crippen molar-refractivity contribution in [1.82, 2.24) is 15.0 Å². The van der Waals surface area contributed by atoms with E-state index in [2.05, 4.69) is 103 Å². The fourth-order valence-electron chi connectivity index (χ4n) is 7.24. The maximum Gasteiger partial charge on any atom is 0.164 e. The minimum absolute atomic E-state index is 0.609. The summed E-state index contributed by atoms with van der Waals surface area (Å²) in [6, 6.07) is 57.0. The summed E-state index contributed by atoms with van der Waals surface area (Å²) in [5.74, 6) is 1.86. The summed E-state index contributed by atoms with van der Waals surface area (Å²) in [5.41, 5.74) is 6.84. The molecular weight excluding hydrogens is 599 g/mol. The average Bonchev–Trinajstić information content (AvgIpc) is 3.56. The van der Waals surface area contributed by atoms with Crippen molar-refractivity contribution in [2.75, 3.05) is 0 Å². The molecule has 0 N–H and O–H groups in total. The molecule has 4 heteroatoms. The van der Waals surface area contributed by atoms with Crippen molar-refractivity contribution < 1.29 is 4.42 Å². The van der Waals surface area contributed by atoms with E-state index in [1.165, 1.54) is 38.1 Å². The van der Waals surface area contributed by atoms with Gasteiger partial charge in [0, 0.05) is 27.5 Å². The largest absolute Gasteiger partial charge is 0.456 e. The lowest BCUT2D eigenvalue weighted by Crippen LogP contribution is -2.00. The Morgan fingerprint density at radius 3 is 1.82 bits per heavy atom. The smallest absolute Gasteiger partial charge is 0.164 e. The Bertz CT molecular complexity index is 2890. The number of para-hydroxylation sites is 1. The summed E-state index contributed by atoms with van der Waals surface area (Å²) < 4.78 is 6.22. The van der Waals surface area contributed by atoms with Gasteiger partial charge in [-0.15, -0.1) is 0 Å². The number of aromatic nitrogens is 3. The Morgan fingerprint density at radius 2 is 0.939 bits per heavy atom. The fourth-order valence-corrected chi connectivity index (χ4v) is 7.24. The van der Waals surface area contributed by atoms with Crippen molar-refractivity contribution in [3.05, 3.63) is 164 Å². The summed E-state index contributed by atoms with van der Waals surface area (Å²) in [6.45, 7) is 0. The fraction of sp³-hybridized carbons (Fsp3) is 0. The van der Waals surface area contributed by atoms with Gasteiger partial charge in [-0.2, -0.15) is 0 Å². The Morgan fingerprint density at radius 1 is 0.327 bits per heavy atom. The lowest BCUT2D eigenvalue weighted by atomic mass is 9.90. The van der Waals surface area contributed by atoms with E-state index < -0.39 is 0 Å². The Balaban J connectivity index is 1.18. The summed E-state index contributed by atoms with van der Waals surface area (Å²) in [6.07, 6.45) is 0. The van der Waals surface area contributed by atoms with Gasteiger partial charge < -0.3 is 4.42 Å². The number of fused-ring (bicyclic) bond motifs is 7. The lowest BCUT2D eigenvalue weighted by molar-refractivity contribution is 0.669. The van der Waals surface area contributed by atoms with Gasteiger partial charge in [0.1, 0.15) is 11.2 Å². The summed E-state index contributed by atoms with van der Waals surface area (Å²) in [7, 11) is 0. The average molecular weight is 626 g/mol. The molecule has 0 unspecified atom stereocenters. The van der Waals surface area contributed by atoms with Crippen molar-refractivity contribution in [2.24, 2.45) is 0 Å². The van der Waals surface area contributed by atoms with Crippen LogP contribution in [0.1, 0.15) is 0 Å². The van der Waals surface area contributed by atoms with Gasteiger partial charge in [-0.25, -0.2) is 15.0 Å². The zero-order valence-electron chi connectivity index (χ0n) is 26.3. The molecule has 10 rings (SSSR count). The molecule has 0 radical (unpaired) electrons. The molecule has 0 amide bonds. The molecule has 0 saturated carbocycles. The van der Waals surface area contributed by atoms with Crippen LogP contribution in [0.3, 0.4) is 0 Å². The van der Waals surface area contributed by atoms with Crippen molar-refractivity contribution >= 4 is 54.3 Å². The molecule has 49 heavy (non-hydrogen) atoms. The van der Waals surface area contributed by atoms with Gasteiger partial charge in [0.05, 0.1) is 0 Å².